The first-order valence-electron chi connectivity index (χ1n) is 11.2. The van der Waals surface area contributed by atoms with Gasteiger partial charge in [0.25, 0.3) is 0 Å². The molecule has 2 aromatic rings. The van der Waals surface area contributed by atoms with Crippen molar-refractivity contribution in [1.29, 1.82) is 5.26 Å². The van der Waals surface area contributed by atoms with E-state index in [1.165, 1.54) is 6.92 Å². The zero-order chi connectivity index (χ0) is 25.5. The summed E-state index contributed by atoms with van der Waals surface area (Å²) in [7, 11) is 4.04. The molecule has 1 aromatic heterocycles. The van der Waals surface area contributed by atoms with E-state index in [0.717, 1.165) is 18.8 Å². The second-order valence-electron chi connectivity index (χ2n) is 8.68. The van der Waals surface area contributed by atoms with Crippen LogP contribution in [0.1, 0.15) is 52.8 Å². The monoisotopic (exact) mass is 486 g/mol. The molecular formula is C23H35N8O2P. The van der Waals surface area contributed by atoms with Gasteiger partial charge in [-0.05, 0) is 19.9 Å². The molecule has 1 unspecified atom stereocenters. The quantitative estimate of drug-likeness (QED) is 0.372. The first-order valence-corrected chi connectivity index (χ1v) is 11.8. The van der Waals surface area contributed by atoms with E-state index < -0.39 is 0 Å². The number of amides is 1. The predicted molar refractivity (Wildman–Crippen MR) is 138 cm³/mol. The number of ether oxygens (including phenoxy) is 1. The van der Waals surface area contributed by atoms with Gasteiger partial charge in [0.1, 0.15) is 23.1 Å². The molecule has 1 amide bonds. The van der Waals surface area contributed by atoms with Gasteiger partial charge in [-0.2, -0.15) is 10.4 Å². The molecule has 0 bridgehead atoms. The third-order valence-electron chi connectivity index (χ3n) is 5.18. The molecule has 0 spiro atoms. The number of hydrogen-bond donors (Lipinski definition) is 2. The highest BCUT2D eigenvalue weighted by molar-refractivity contribution is 7.13. The number of azo groups is 1. The lowest BCUT2D eigenvalue weighted by Crippen LogP contribution is -2.22. The Labute approximate surface area is 204 Å². The van der Waals surface area contributed by atoms with Crippen molar-refractivity contribution in [2.75, 3.05) is 37.0 Å². The number of benzene rings is 1. The molecule has 0 aliphatic rings. The maximum absolute atomic E-state index is 11.9. The number of nitriles is 1. The second-order valence-corrected chi connectivity index (χ2v) is 9.09. The van der Waals surface area contributed by atoms with Crippen molar-refractivity contribution in [3.63, 3.8) is 0 Å². The Kier molecular flexibility index (Phi) is 9.54. The topological polar surface area (TPSA) is 120 Å². The molecule has 0 aliphatic carbocycles. The Morgan fingerprint density at radius 2 is 1.97 bits per heavy atom. The third kappa shape index (κ3) is 6.31. The highest BCUT2D eigenvalue weighted by Gasteiger charge is 2.27. The number of aromatic nitrogens is 2. The number of nitrogens with zero attached hydrogens (tertiary/aromatic N) is 6. The number of methoxy groups -OCH3 is 1. The van der Waals surface area contributed by atoms with Crippen LogP contribution in [0.3, 0.4) is 0 Å². The molecule has 0 saturated carbocycles. The van der Waals surface area contributed by atoms with Gasteiger partial charge in [-0.25, -0.2) is 4.68 Å². The van der Waals surface area contributed by atoms with E-state index in [0.29, 0.717) is 47.3 Å². The summed E-state index contributed by atoms with van der Waals surface area (Å²) in [4.78, 5) is 14.0. The number of carbonyl (C=O) groups excluding carboxylic acids is 1. The predicted octanol–water partition coefficient (Wildman–Crippen LogP) is 4.66. The minimum atomic E-state index is -0.342. The summed E-state index contributed by atoms with van der Waals surface area (Å²) in [6.07, 6.45) is 0. The van der Waals surface area contributed by atoms with Crippen molar-refractivity contribution in [2.45, 2.75) is 53.5 Å². The molecule has 0 saturated heterocycles. The van der Waals surface area contributed by atoms with E-state index in [1.54, 1.807) is 17.9 Å². The standard InChI is InChI=1S/C23H35N8O2P/c1-8-30(9-2)19-12-17(26-15(3)32)18(13-20(19)33-7)27-28-22-16(14-24)21(23(4,5)6)29-31(22)11-10-25-34/h12-13,25H,8-11,34H2,1-7H3,(H,26,32)/b28-27+. The minimum absolute atomic E-state index is 0.226. The number of hydrogen-bond acceptors (Lipinski definition) is 8. The summed E-state index contributed by atoms with van der Waals surface area (Å²) in [5, 5.41) is 29.3. The van der Waals surface area contributed by atoms with Crippen LogP contribution in [0.25, 0.3) is 0 Å². The van der Waals surface area contributed by atoms with Gasteiger partial charge < -0.3 is 15.0 Å². The highest BCUT2D eigenvalue weighted by atomic mass is 31.0. The first kappa shape index (κ1) is 27.2. The van der Waals surface area contributed by atoms with Crippen molar-refractivity contribution < 1.29 is 9.53 Å². The number of anilines is 2. The smallest absolute Gasteiger partial charge is 0.221 e. The van der Waals surface area contributed by atoms with Gasteiger partial charge in [0, 0.05) is 38.0 Å². The summed E-state index contributed by atoms with van der Waals surface area (Å²) in [5.74, 6) is 0.757. The Balaban J connectivity index is 2.68. The van der Waals surface area contributed by atoms with Gasteiger partial charge in [0.05, 0.1) is 30.7 Å². The Morgan fingerprint density at radius 1 is 1.29 bits per heavy atom. The number of nitrogens with one attached hydrogen (secondary N) is 2. The maximum atomic E-state index is 11.9. The van der Waals surface area contributed by atoms with E-state index in [9.17, 15) is 10.1 Å². The molecule has 1 heterocycles. The van der Waals surface area contributed by atoms with Crippen LogP contribution in [-0.4, -0.2) is 42.4 Å². The molecule has 0 aliphatic heterocycles. The summed E-state index contributed by atoms with van der Waals surface area (Å²) in [6.45, 7) is 14.2. The van der Waals surface area contributed by atoms with E-state index in [4.69, 9.17) is 4.74 Å². The van der Waals surface area contributed by atoms with Crippen molar-refractivity contribution in [1.82, 2.24) is 14.9 Å². The van der Waals surface area contributed by atoms with E-state index in [2.05, 4.69) is 59.9 Å². The molecule has 2 N–H and O–H groups in total. The van der Waals surface area contributed by atoms with E-state index in [1.807, 2.05) is 26.8 Å². The van der Waals surface area contributed by atoms with Gasteiger partial charge >= 0.3 is 0 Å². The van der Waals surface area contributed by atoms with Crippen molar-refractivity contribution in [2.24, 2.45) is 10.2 Å². The summed E-state index contributed by atoms with van der Waals surface area (Å²) < 4.78 is 7.30. The van der Waals surface area contributed by atoms with E-state index in [-0.39, 0.29) is 11.3 Å². The van der Waals surface area contributed by atoms with Gasteiger partial charge in [-0.15, -0.1) is 10.2 Å². The molecule has 184 valence electrons. The molecule has 1 aromatic carbocycles. The summed E-state index contributed by atoms with van der Waals surface area (Å²) >= 11 is 0. The first-order chi connectivity index (χ1) is 16.1. The van der Waals surface area contributed by atoms with Crippen molar-refractivity contribution in [3.8, 4) is 11.8 Å². The van der Waals surface area contributed by atoms with Gasteiger partial charge in [0.2, 0.25) is 5.91 Å². The molecule has 34 heavy (non-hydrogen) atoms. The molecule has 0 fully saturated rings. The number of carbonyl (C=O) groups is 1. The molecule has 0 radical (unpaired) electrons. The largest absolute Gasteiger partial charge is 0.494 e. The minimum Gasteiger partial charge on any atom is -0.494 e. The number of rotatable bonds is 10. The highest BCUT2D eigenvalue weighted by Crippen LogP contribution is 2.40. The van der Waals surface area contributed by atoms with Crippen molar-refractivity contribution in [3.05, 3.63) is 23.4 Å². The fourth-order valence-electron chi connectivity index (χ4n) is 3.52. The van der Waals surface area contributed by atoms with Crippen LogP contribution in [0.4, 0.5) is 22.9 Å². The van der Waals surface area contributed by atoms with Crippen LogP contribution >= 0.6 is 9.39 Å². The fourth-order valence-corrected chi connectivity index (χ4v) is 3.64. The fraction of sp³-hybridized carbons (Fsp3) is 0.522. The van der Waals surface area contributed by atoms with E-state index >= 15 is 0 Å². The van der Waals surface area contributed by atoms with Crippen molar-refractivity contribution >= 4 is 38.2 Å². The molecule has 1 atom stereocenters. The lowest BCUT2D eigenvalue weighted by Gasteiger charge is -2.24. The Hall–Kier alpha value is -3.02. The average molecular weight is 487 g/mol. The lowest BCUT2D eigenvalue weighted by molar-refractivity contribution is -0.114. The average Bonchev–Trinajstić information content (AvgIpc) is 3.15. The van der Waals surface area contributed by atoms with Crippen LogP contribution in [0.5, 0.6) is 5.75 Å². The molecule has 10 nitrogen and oxygen atoms in total. The molecular weight excluding hydrogens is 451 g/mol. The SMILES string of the molecule is CCN(CC)c1cc(NC(C)=O)c(/N=N/c2c(C#N)c(C(C)(C)C)nn2CCNP)cc1OC. The summed E-state index contributed by atoms with van der Waals surface area (Å²) in [6, 6.07) is 5.83. The van der Waals surface area contributed by atoms with Crippen LogP contribution in [0.2, 0.25) is 0 Å². The molecule has 11 heteroatoms. The van der Waals surface area contributed by atoms with Crippen LogP contribution in [-0.2, 0) is 16.8 Å². The second kappa shape index (κ2) is 11.9. The van der Waals surface area contributed by atoms with Crippen LogP contribution in [0.15, 0.2) is 22.4 Å². The Bertz CT molecular complexity index is 1080. The zero-order valence-corrected chi connectivity index (χ0v) is 22.2. The van der Waals surface area contributed by atoms with Crippen LogP contribution in [0, 0.1) is 11.3 Å². The zero-order valence-electron chi connectivity index (χ0n) is 21.1. The van der Waals surface area contributed by atoms with Gasteiger partial charge in [-0.3, -0.25) is 9.88 Å². The summed E-state index contributed by atoms with van der Waals surface area (Å²) in [5.41, 5.74) is 2.47. The van der Waals surface area contributed by atoms with Crippen LogP contribution < -0.4 is 20.0 Å². The third-order valence-corrected chi connectivity index (χ3v) is 5.47. The van der Waals surface area contributed by atoms with Gasteiger partial charge in [-0.1, -0.05) is 30.2 Å². The lowest BCUT2D eigenvalue weighted by atomic mass is 9.90. The van der Waals surface area contributed by atoms with Gasteiger partial charge in [0.15, 0.2) is 5.82 Å². The normalized spacial score (nSPS) is 11.5. The molecule has 2 rings (SSSR count). The maximum Gasteiger partial charge on any atom is 0.221 e. The Morgan fingerprint density at radius 3 is 2.47 bits per heavy atom.